The van der Waals surface area contributed by atoms with Crippen LogP contribution in [0.5, 0.6) is 5.75 Å². The van der Waals surface area contributed by atoms with Crippen LogP contribution in [-0.2, 0) is 17.8 Å². The van der Waals surface area contributed by atoms with Crippen LogP contribution in [0.15, 0.2) is 46.9 Å². The van der Waals surface area contributed by atoms with Gasteiger partial charge in [0, 0.05) is 16.6 Å². The van der Waals surface area contributed by atoms with Gasteiger partial charge in [0.25, 0.3) is 0 Å². The van der Waals surface area contributed by atoms with E-state index in [9.17, 15) is 4.79 Å². The van der Waals surface area contributed by atoms with Crippen molar-refractivity contribution in [1.29, 1.82) is 0 Å². The molecule has 0 saturated carbocycles. The monoisotopic (exact) mass is 345 g/mol. The summed E-state index contributed by atoms with van der Waals surface area (Å²) >= 11 is 3.55. The Kier molecular flexibility index (Phi) is 3.97. The number of ether oxygens (including phenoxy) is 1. The van der Waals surface area contributed by atoms with Crippen LogP contribution >= 0.6 is 15.9 Å². The topological polar surface area (TPSA) is 29.5 Å². The number of nitrogens with zero attached hydrogens (tertiary/aromatic N) is 1. The molecule has 0 aromatic heterocycles. The zero-order chi connectivity index (χ0) is 14.8. The molecule has 0 N–H and O–H groups in total. The van der Waals surface area contributed by atoms with E-state index in [0.29, 0.717) is 13.0 Å². The second-order valence-corrected chi connectivity index (χ2v) is 5.92. The van der Waals surface area contributed by atoms with E-state index in [1.165, 1.54) is 5.56 Å². The number of hydrogen-bond acceptors (Lipinski definition) is 2. The summed E-state index contributed by atoms with van der Waals surface area (Å²) < 4.78 is 6.26. The number of carbonyl (C=O) groups excluding carboxylic acids is 1. The average Bonchev–Trinajstić information content (AvgIpc) is 2.52. The van der Waals surface area contributed by atoms with Gasteiger partial charge in [-0.1, -0.05) is 34.1 Å². The SMILES string of the molecule is COc1ccc(Br)c(CN2C(=O)CCc3ccccc32)c1. The minimum absolute atomic E-state index is 0.170. The predicted molar refractivity (Wildman–Crippen MR) is 86.6 cm³/mol. The van der Waals surface area contributed by atoms with Gasteiger partial charge < -0.3 is 9.64 Å². The first-order valence-corrected chi connectivity index (χ1v) is 7.69. The molecule has 0 aliphatic carbocycles. The maximum Gasteiger partial charge on any atom is 0.227 e. The van der Waals surface area contributed by atoms with Crippen LogP contribution in [0.3, 0.4) is 0 Å². The number of anilines is 1. The molecule has 2 aromatic rings. The molecule has 0 spiro atoms. The van der Waals surface area contributed by atoms with Crippen molar-refractivity contribution in [2.24, 2.45) is 0 Å². The summed E-state index contributed by atoms with van der Waals surface area (Å²) in [5.74, 6) is 0.967. The Labute approximate surface area is 132 Å². The molecule has 0 bridgehead atoms. The third kappa shape index (κ3) is 2.81. The molecular weight excluding hydrogens is 330 g/mol. The smallest absolute Gasteiger partial charge is 0.227 e. The number of methoxy groups -OCH3 is 1. The van der Waals surface area contributed by atoms with E-state index in [-0.39, 0.29) is 5.91 Å². The fourth-order valence-electron chi connectivity index (χ4n) is 2.64. The molecular formula is C17H16BrNO2. The molecule has 0 radical (unpaired) electrons. The summed E-state index contributed by atoms with van der Waals surface area (Å²) in [6.45, 7) is 0.549. The lowest BCUT2D eigenvalue weighted by atomic mass is 10.0. The third-order valence-corrected chi connectivity index (χ3v) is 4.55. The molecule has 0 fully saturated rings. The van der Waals surface area contributed by atoms with Crippen LogP contribution in [0, 0.1) is 0 Å². The first-order chi connectivity index (χ1) is 10.2. The number of para-hydroxylation sites is 1. The van der Waals surface area contributed by atoms with E-state index >= 15 is 0 Å². The minimum atomic E-state index is 0.170. The maximum absolute atomic E-state index is 12.3. The van der Waals surface area contributed by atoms with Crippen molar-refractivity contribution in [2.75, 3.05) is 12.0 Å². The van der Waals surface area contributed by atoms with Gasteiger partial charge in [0.1, 0.15) is 5.75 Å². The Balaban J connectivity index is 1.96. The largest absolute Gasteiger partial charge is 0.497 e. The Morgan fingerprint density at radius 2 is 2.00 bits per heavy atom. The van der Waals surface area contributed by atoms with Gasteiger partial charge in [-0.3, -0.25) is 4.79 Å². The second kappa shape index (κ2) is 5.90. The normalized spacial score (nSPS) is 14.0. The van der Waals surface area contributed by atoms with Gasteiger partial charge in [0.15, 0.2) is 0 Å². The zero-order valence-electron chi connectivity index (χ0n) is 11.8. The van der Waals surface area contributed by atoms with Gasteiger partial charge >= 0.3 is 0 Å². The highest BCUT2D eigenvalue weighted by Gasteiger charge is 2.24. The molecule has 1 aliphatic heterocycles. The number of hydrogen-bond donors (Lipinski definition) is 0. The Hall–Kier alpha value is -1.81. The zero-order valence-corrected chi connectivity index (χ0v) is 13.4. The summed E-state index contributed by atoms with van der Waals surface area (Å²) in [6.07, 6.45) is 1.39. The molecule has 2 aromatic carbocycles. The molecule has 0 atom stereocenters. The standard InChI is InChI=1S/C17H16BrNO2/c1-21-14-7-8-15(18)13(10-14)11-19-16-5-3-2-4-12(16)6-9-17(19)20/h2-5,7-8,10H,6,9,11H2,1H3. The maximum atomic E-state index is 12.3. The van der Waals surface area contributed by atoms with Crippen molar-refractivity contribution in [1.82, 2.24) is 0 Å². The highest BCUT2D eigenvalue weighted by atomic mass is 79.9. The van der Waals surface area contributed by atoms with Gasteiger partial charge in [-0.25, -0.2) is 0 Å². The van der Waals surface area contributed by atoms with E-state index in [1.54, 1.807) is 7.11 Å². The number of rotatable bonds is 3. The molecule has 21 heavy (non-hydrogen) atoms. The summed E-state index contributed by atoms with van der Waals surface area (Å²) in [7, 11) is 1.65. The summed E-state index contributed by atoms with van der Waals surface area (Å²) in [5, 5.41) is 0. The van der Waals surface area contributed by atoms with E-state index in [2.05, 4.69) is 22.0 Å². The van der Waals surface area contributed by atoms with Crippen LogP contribution in [0.2, 0.25) is 0 Å². The number of carbonyl (C=O) groups is 1. The first-order valence-electron chi connectivity index (χ1n) is 6.89. The molecule has 3 rings (SSSR count). The Bertz CT molecular complexity index is 684. The van der Waals surface area contributed by atoms with Gasteiger partial charge in [-0.05, 0) is 41.8 Å². The number of halogens is 1. The lowest BCUT2D eigenvalue weighted by molar-refractivity contribution is -0.119. The minimum Gasteiger partial charge on any atom is -0.497 e. The van der Waals surface area contributed by atoms with Gasteiger partial charge in [0.05, 0.1) is 13.7 Å². The first kappa shape index (κ1) is 14.1. The highest BCUT2D eigenvalue weighted by Crippen LogP contribution is 2.31. The third-order valence-electron chi connectivity index (χ3n) is 3.77. The van der Waals surface area contributed by atoms with E-state index < -0.39 is 0 Å². The van der Waals surface area contributed by atoms with Crippen molar-refractivity contribution in [2.45, 2.75) is 19.4 Å². The van der Waals surface area contributed by atoms with Crippen LogP contribution in [0.25, 0.3) is 0 Å². The van der Waals surface area contributed by atoms with Crippen LogP contribution in [-0.4, -0.2) is 13.0 Å². The molecule has 3 nitrogen and oxygen atoms in total. The van der Waals surface area contributed by atoms with E-state index in [0.717, 1.165) is 27.9 Å². The Morgan fingerprint density at radius 1 is 1.19 bits per heavy atom. The van der Waals surface area contributed by atoms with Crippen molar-refractivity contribution < 1.29 is 9.53 Å². The Morgan fingerprint density at radius 3 is 2.81 bits per heavy atom. The average molecular weight is 346 g/mol. The molecule has 108 valence electrons. The lowest BCUT2D eigenvalue weighted by Crippen LogP contribution is -2.34. The van der Waals surface area contributed by atoms with Crippen molar-refractivity contribution >= 4 is 27.5 Å². The lowest BCUT2D eigenvalue weighted by Gasteiger charge is -2.29. The van der Waals surface area contributed by atoms with Crippen molar-refractivity contribution in [3.8, 4) is 5.75 Å². The molecule has 1 amide bonds. The van der Waals surface area contributed by atoms with Crippen LogP contribution < -0.4 is 9.64 Å². The van der Waals surface area contributed by atoms with Crippen molar-refractivity contribution in [3.05, 3.63) is 58.1 Å². The highest BCUT2D eigenvalue weighted by molar-refractivity contribution is 9.10. The van der Waals surface area contributed by atoms with Gasteiger partial charge in [-0.2, -0.15) is 0 Å². The number of aryl methyl sites for hydroxylation is 1. The fourth-order valence-corrected chi connectivity index (χ4v) is 3.01. The van der Waals surface area contributed by atoms with Gasteiger partial charge in [0.2, 0.25) is 5.91 Å². The van der Waals surface area contributed by atoms with E-state index in [1.807, 2.05) is 41.3 Å². The molecule has 1 heterocycles. The number of benzene rings is 2. The van der Waals surface area contributed by atoms with E-state index in [4.69, 9.17) is 4.74 Å². The summed E-state index contributed by atoms with van der Waals surface area (Å²) in [6, 6.07) is 13.9. The predicted octanol–water partition coefficient (Wildman–Crippen LogP) is 3.94. The van der Waals surface area contributed by atoms with Crippen LogP contribution in [0.4, 0.5) is 5.69 Å². The molecule has 0 unspecified atom stereocenters. The van der Waals surface area contributed by atoms with Crippen molar-refractivity contribution in [3.63, 3.8) is 0 Å². The molecule has 1 aliphatic rings. The number of amides is 1. The summed E-state index contributed by atoms with van der Waals surface area (Å²) in [4.78, 5) is 14.2. The fraction of sp³-hybridized carbons (Fsp3) is 0.235. The number of fused-ring (bicyclic) bond motifs is 1. The van der Waals surface area contributed by atoms with Gasteiger partial charge in [-0.15, -0.1) is 0 Å². The second-order valence-electron chi connectivity index (χ2n) is 5.07. The summed E-state index contributed by atoms with van der Waals surface area (Å²) in [5.41, 5.74) is 3.29. The quantitative estimate of drug-likeness (QED) is 0.843. The van der Waals surface area contributed by atoms with Crippen LogP contribution in [0.1, 0.15) is 17.5 Å². The molecule has 4 heteroatoms. The molecule has 0 saturated heterocycles.